The fourth-order valence-electron chi connectivity index (χ4n) is 3.77. The van der Waals surface area contributed by atoms with Crippen molar-refractivity contribution in [2.75, 3.05) is 23.9 Å². The summed E-state index contributed by atoms with van der Waals surface area (Å²) in [7, 11) is 3.54. The standard InChI is InChI=1S/C18H22N4O2/c1-21-11-13(10-19-21)22-9-8-15(18(22)23)20-17-14-5-3-4-12(14)6-7-16(17)24-2/h6-7,10-11,15,20H,3-5,8-9H2,1-2H3/t15-/m1/s1. The Balaban J connectivity index is 1.59. The molecule has 1 amide bonds. The summed E-state index contributed by atoms with van der Waals surface area (Å²) >= 11 is 0. The third-order valence-corrected chi connectivity index (χ3v) is 4.99. The van der Waals surface area contributed by atoms with E-state index in [0.717, 1.165) is 42.8 Å². The maximum Gasteiger partial charge on any atom is 0.249 e. The minimum absolute atomic E-state index is 0.0978. The lowest BCUT2D eigenvalue weighted by molar-refractivity contribution is -0.117. The summed E-state index contributed by atoms with van der Waals surface area (Å²) in [5.41, 5.74) is 4.53. The number of nitrogens with one attached hydrogen (secondary N) is 1. The Kier molecular flexibility index (Phi) is 3.67. The van der Waals surface area contributed by atoms with E-state index in [9.17, 15) is 4.79 Å². The number of hydrogen-bond donors (Lipinski definition) is 1. The topological polar surface area (TPSA) is 59.4 Å². The van der Waals surface area contributed by atoms with Crippen LogP contribution in [0.15, 0.2) is 24.5 Å². The summed E-state index contributed by atoms with van der Waals surface area (Å²) in [5, 5.41) is 7.64. The number of carbonyl (C=O) groups excluding carboxylic acids is 1. The maximum atomic E-state index is 12.8. The summed E-state index contributed by atoms with van der Waals surface area (Å²) < 4.78 is 7.25. The van der Waals surface area contributed by atoms with Crippen LogP contribution < -0.4 is 15.0 Å². The van der Waals surface area contributed by atoms with E-state index in [0.29, 0.717) is 6.54 Å². The highest BCUT2D eigenvalue weighted by atomic mass is 16.5. The second kappa shape index (κ2) is 5.85. The van der Waals surface area contributed by atoms with Crippen molar-refractivity contribution in [3.63, 3.8) is 0 Å². The zero-order valence-corrected chi connectivity index (χ0v) is 14.1. The molecule has 0 saturated carbocycles. The van der Waals surface area contributed by atoms with Gasteiger partial charge in [0, 0.05) is 19.8 Å². The number of fused-ring (bicyclic) bond motifs is 1. The van der Waals surface area contributed by atoms with Crippen LogP contribution in [0.3, 0.4) is 0 Å². The van der Waals surface area contributed by atoms with Crippen LogP contribution in [0, 0.1) is 0 Å². The molecule has 1 saturated heterocycles. The highest BCUT2D eigenvalue weighted by Gasteiger charge is 2.34. The van der Waals surface area contributed by atoms with Gasteiger partial charge < -0.3 is 15.0 Å². The van der Waals surface area contributed by atoms with Gasteiger partial charge in [0.15, 0.2) is 0 Å². The number of benzene rings is 1. The lowest BCUT2D eigenvalue weighted by Crippen LogP contribution is -2.33. The average Bonchev–Trinajstić information content (AvgIpc) is 3.29. The number of anilines is 2. The monoisotopic (exact) mass is 326 g/mol. The Morgan fingerprint density at radius 2 is 2.21 bits per heavy atom. The molecule has 126 valence electrons. The van der Waals surface area contributed by atoms with E-state index in [2.05, 4.69) is 16.5 Å². The molecular formula is C18H22N4O2. The zero-order chi connectivity index (χ0) is 16.7. The molecule has 1 aromatic heterocycles. The molecule has 4 rings (SSSR count). The van der Waals surface area contributed by atoms with Gasteiger partial charge in [-0.2, -0.15) is 5.10 Å². The van der Waals surface area contributed by atoms with E-state index in [1.165, 1.54) is 11.1 Å². The molecule has 24 heavy (non-hydrogen) atoms. The molecule has 1 N–H and O–H groups in total. The highest BCUT2D eigenvalue weighted by molar-refractivity contribution is 6.01. The molecule has 1 aliphatic carbocycles. The van der Waals surface area contributed by atoms with Gasteiger partial charge in [0.2, 0.25) is 5.91 Å². The Morgan fingerprint density at radius 1 is 1.33 bits per heavy atom. The lowest BCUT2D eigenvalue weighted by atomic mass is 10.1. The Bertz CT molecular complexity index is 783. The first-order valence-corrected chi connectivity index (χ1v) is 8.42. The van der Waals surface area contributed by atoms with Crippen LogP contribution >= 0.6 is 0 Å². The van der Waals surface area contributed by atoms with Crippen molar-refractivity contribution in [3.8, 4) is 5.75 Å². The first-order valence-electron chi connectivity index (χ1n) is 8.42. The van der Waals surface area contributed by atoms with E-state index in [4.69, 9.17) is 4.74 Å². The Hall–Kier alpha value is -2.50. The molecule has 1 atom stereocenters. The van der Waals surface area contributed by atoms with Crippen molar-refractivity contribution >= 4 is 17.3 Å². The van der Waals surface area contributed by atoms with Gasteiger partial charge in [-0.15, -0.1) is 0 Å². The van der Waals surface area contributed by atoms with Crippen LogP contribution in [0.4, 0.5) is 11.4 Å². The molecule has 2 aromatic rings. The molecule has 2 heterocycles. The largest absolute Gasteiger partial charge is 0.495 e. The van der Waals surface area contributed by atoms with E-state index in [1.54, 1.807) is 22.9 Å². The number of methoxy groups -OCH3 is 1. The normalized spacial score (nSPS) is 19.7. The molecule has 0 bridgehead atoms. The number of ether oxygens (including phenoxy) is 1. The predicted octanol–water partition coefficient (Wildman–Crippen LogP) is 2.13. The van der Waals surface area contributed by atoms with Crippen LogP contribution in [0.1, 0.15) is 24.0 Å². The second-order valence-corrected chi connectivity index (χ2v) is 6.48. The van der Waals surface area contributed by atoms with E-state index < -0.39 is 0 Å². The number of aryl methyl sites for hydroxylation is 2. The fourth-order valence-corrected chi connectivity index (χ4v) is 3.77. The summed E-state index contributed by atoms with van der Waals surface area (Å²) in [6.45, 7) is 0.708. The summed E-state index contributed by atoms with van der Waals surface area (Å²) in [4.78, 5) is 14.6. The molecular weight excluding hydrogens is 304 g/mol. The van der Waals surface area contributed by atoms with E-state index in [-0.39, 0.29) is 11.9 Å². The molecule has 0 unspecified atom stereocenters. The first kappa shape index (κ1) is 15.1. The van der Waals surface area contributed by atoms with Crippen LogP contribution in [0.2, 0.25) is 0 Å². The van der Waals surface area contributed by atoms with Gasteiger partial charge in [0.05, 0.1) is 24.7 Å². The molecule has 1 fully saturated rings. The predicted molar refractivity (Wildman–Crippen MR) is 92.6 cm³/mol. The van der Waals surface area contributed by atoms with Crippen molar-refractivity contribution in [3.05, 3.63) is 35.7 Å². The number of nitrogens with zero attached hydrogens (tertiary/aromatic N) is 3. The molecule has 0 spiro atoms. The van der Waals surface area contributed by atoms with Gasteiger partial charge >= 0.3 is 0 Å². The van der Waals surface area contributed by atoms with Crippen LogP contribution in [-0.2, 0) is 24.7 Å². The average molecular weight is 326 g/mol. The fraction of sp³-hybridized carbons (Fsp3) is 0.444. The summed E-state index contributed by atoms with van der Waals surface area (Å²) in [5.74, 6) is 0.920. The first-order chi connectivity index (χ1) is 11.7. The minimum Gasteiger partial charge on any atom is -0.495 e. The highest BCUT2D eigenvalue weighted by Crippen LogP contribution is 2.37. The SMILES string of the molecule is COc1ccc2c(c1N[C@@H]1CCN(c3cnn(C)c3)C1=O)CCC2. The van der Waals surface area contributed by atoms with Gasteiger partial charge in [0.1, 0.15) is 11.8 Å². The minimum atomic E-state index is -0.216. The van der Waals surface area contributed by atoms with Crippen LogP contribution in [0.5, 0.6) is 5.75 Å². The Labute approximate surface area is 141 Å². The molecule has 2 aliphatic rings. The van der Waals surface area contributed by atoms with E-state index in [1.807, 2.05) is 19.3 Å². The molecule has 6 nitrogen and oxygen atoms in total. The van der Waals surface area contributed by atoms with Crippen molar-refractivity contribution in [1.82, 2.24) is 9.78 Å². The van der Waals surface area contributed by atoms with Gasteiger partial charge in [0.25, 0.3) is 0 Å². The number of amides is 1. The van der Waals surface area contributed by atoms with E-state index >= 15 is 0 Å². The van der Waals surface area contributed by atoms with Gasteiger partial charge in [-0.25, -0.2) is 0 Å². The number of hydrogen-bond acceptors (Lipinski definition) is 4. The van der Waals surface area contributed by atoms with Crippen molar-refractivity contribution in [2.45, 2.75) is 31.7 Å². The molecule has 1 aromatic carbocycles. The molecule has 0 radical (unpaired) electrons. The number of rotatable bonds is 4. The van der Waals surface area contributed by atoms with Gasteiger partial charge in [-0.1, -0.05) is 6.07 Å². The molecule has 6 heteroatoms. The summed E-state index contributed by atoms with van der Waals surface area (Å²) in [6.07, 6.45) is 7.71. The van der Waals surface area contributed by atoms with Crippen molar-refractivity contribution in [1.29, 1.82) is 0 Å². The smallest absolute Gasteiger partial charge is 0.249 e. The van der Waals surface area contributed by atoms with Crippen molar-refractivity contribution < 1.29 is 9.53 Å². The summed E-state index contributed by atoms with van der Waals surface area (Å²) in [6, 6.07) is 3.93. The number of carbonyl (C=O) groups is 1. The van der Waals surface area contributed by atoms with Gasteiger partial charge in [-0.05, 0) is 42.9 Å². The number of aromatic nitrogens is 2. The maximum absolute atomic E-state index is 12.8. The van der Waals surface area contributed by atoms with Crippen LogP contribution in [0.25, 0.3) is 0 Å². The second-order valence-electron chi connectivity index (χ2n) is 6.48. The third kappa shape index (κ3) is 2.42. The van der Waals surface area contributed by atoms with Gasteiger partial charge in [-0.3, -0.25) is 9.48 Å². The lowest BCUT2D eigenvalue weighted by Gasteiger charge is -2.20. The third-order valence-electron chi connectivity index (χ3n) is 4.99. The van der Waals surface area contributed by atoms with Crippen molar-refractivity contribution in [2.24, 2.45) is 7.05 Å². The zero-order valence-electron chi connectivity index (χ0n) is 14.1. The molecule has 1 aliphatic heterocycles. The quantitative estimate of drug-likeness (QED) is 0.935. The Morgan fingerprint density at radius 3 is 2.96 bits per heavy atom. The van der Waals surface area contributed by atoms with Crippen LogP contribution in [-0.4, -0.2) is 35.4 Å².